The minimum Gasteiger partial charge on any atom is -0.399 e. The Labute approximate surface area is 128 Å². The average molecular weight is 308 g/mol. The van der Waals surface area contributed by atoms with E-state index in [9.17, 15) is 4.79 Å². The first kappa shape index (κ1) is 14.9. The van der Waals surface area contributed by atoms with Crippen molar-refractivity contribution in [2.24, 2.45) is 0 Å². The molecule has 0 saturated carbocycles. The van der Waals surface area contributed by atoms with E-state index in [4.69, 9.17) is 28.9 Å². The number of nitrogen functional groups attached to an aromatic ring is 1. The Kier molecular flexibility index (Phi) is 4.69. The number of anilines is 1. The smallest absolute Gasteiger partial charge is 0.165 e. The quantitative estimate of drug-likeness (QED) is 0.641. The number of halogens is 2. The first-order chi connectivity index (χ1) is 9.49. The minimum absolute atomic E-state index is 0.0122. The van der Waals surface area contributed by atoms with E-state index >= 15 is 0 Å². The van der Waals surface area contributed by atoms with Gasteiger partial charge >= 0.3 is 0 Å². The number of hydrogen-bond donors (Lipinski definition) is 1. The summed E-state index contributed by atoms with van der Waals surface area (Å²) in [6.45, 7) is 2.00. The molecule has 0 amide bonds. The molecule has 2 aromatic rings. The molecule has 0 aliphatic rings. The highest BCUT2D eigenvalue weighted by molar-refractivity contribution is 6.43. The molecule has 0 aromatic heterocycles. The van der Waals surface area contributed by atoms with Crippen LogP contribution in [0.2, 0.25) is 10.0 Å². The number of rotatable bonds is 4. The molecule has 0 aliphatic heterocycles. The lowest BCUT2D eigenvalue weighted by molar-refractivity contribution is 0.0976. The maximum atomic E-state index is 12.3. The summed E-state index contributed by atoms with van der Waals surface area (Å²) < 4.78 is 0. The molecule has 2 aromatic carbocycles. The van der Waals surface area contributed by atoms with Crippen LogP contribution in [0.5, 0.6) is 0 Å². The van der Waals surface area contributed by atoms with Gasteiger partial charge in [-0.05, 0) is 35.7 Å². The van der Waals surface area contributed by atoms with E-state index in [-0.39, 0.29) is 11.7 Å². The van der Waals surface area contributed by atoms with E-state index < -0.39 is 0 Å². The highest BCUT2D eigenvalue weighted by atomic mass is 35.5. The van der Waals surface area contributed by atoms with Crippen molar-refractivity contribution in [3.8, 4) is 0 Å². The van der Waals surface area contributed by atoms with Crippen molar-refractivity contribution in [3.05, 3.63) is 63.6 Å². The zero-order chi connectivity index (χ0) is 14.7. The van der Waals surface area contributed by atoms with Crippen molar-refractivity contribution in [1.29, 1.82) is 0 Å². The topological polar surface area (TPSA) is 43.1 Å². The lowest BCUT2D eigenvalue weighted by Gasteiger charge is -2.12. The largest absolute Gasteiger partial charge is 0.399 e. The van der Waals surface area contributed by atoms with Crippen molar-refractivity contribution in [1.82, 2.24) is 0 Å². The summed E-state index contributed by atoms with van der Waals surface area (Å²) in [7, 11) is 0. The lowest BCUT2D eigenvalue weighted by Crippen LogP contribution is -2.06. The third-order valence-corrected chi connectivity index (χ3v) is 4.07. The summed E-state index contributed by atoms with van der Waals surface area (Å²) in [5.74, 6) is 0.0833. The third-order valence-electron chi connectivity index (χ3n) is 3.25. The second-order valence-corrected chi connectivity index (χ2v) is 5.58. The molecule has 2 rings (SSSR count). The van der Waals surface area contributed by atoms with Gasteiger partial charge in [0.25, 0.3) is 0 Å². The van der Waals surface area contributed by atoms with Gasteiger partial charge in [0.2, 0.25) is 0 Å². The average Bonchev–Trinajstić information content (AvgIpc) is 2.42. The molecule has 0 fully saturated rings. The zero-order valence-corrected chi connectivity index (χ0v) is 12.6. The fraction of sp³-hybridized carbons (Fsp3) is 0.188. The first-order valence-corrected chi connectivity index (χ1v) is 7.07. The van der Waals surface area contributed by atoms with Crippen LogP contribution >= 0.6 is 23.2 Å². The van der Waals surface area contributed by atoms with Crippen LogP contribution in [-0.2, 0) is 0 Å². The van der Waals surface area contributed by atoms with Crippen LogP contribution in [0, 0.1) is 0 Å². The van der Waals surface area contributed by atoms with Gasteiger partial charge in [0.15, 0.2) is 5.78 Å². The Hall–Kier alpha value is -1.51. The monoisotopic (exact) mass is 307 g/mol. The summed E-state index contributed by atoms with van der Waals surface area (Å²) in [6, 6.07) is 12.6. The first-order valence-electron chi connectivity index (χ1n) is 6.31. The molecule has 20 heavy (non-hydrogen) atoms. The fourth-order valence-electron chi connectivity index (χ4n) is 2.05. The molecule has 0 aliphatic carbocycles. The van der Waals surface area contributed by atoms with Crippen molar-refractivity contribution in [3.63, 3.8) is 0 Å². The number of Topliss-reactive ketones (excluding diaryl/α,β-unsaturated/α-hetero) is 1. The fourth-order valence-corrected chi connectivity index (χ4v) is 2.46. The van der Waals surface area contributed by atoms with Gasteiger partial charge in [0.05, 0.1) is 10.0 Å². The van der Waals surface area contributed by atoms with Crippen molar-refractivity contribution in [2.45, 2.75) is 19.3 Å². The second kappa shape index (κ2) is 6.29. The number of carbonyl (C=O) groups excluding carboxylic acids is 1. The SMILES string of the molecule is CC(CC(=O)c1cccc(Cl)c1Cl)c1ccc(N)cc1. The molecular weight excluding hydrogens is 293 g/mol. The van der Waals surface area contributed by atoms with Crippen molar-refractivity contribution >= 4 is 34.7 Å². The minimum atomic E-state index is -0.0122. The van der Waals surface area contributed by atoms with Crippen LogP contribution in [0.4, 0.5) is 5.69 Å². The number of nitrogens with two attached hydrogens (primary N) is 1. The number of hydrogen-bond acceptors (Lipinski definition) is 2. The molecule has 1 atom stereocenters. The van der Waals surface area contributed by atoms with Crippen molar-refractivity contribution < 1.29 is 4.79 Å². The second-order valence-electron chi connectivity index (χ2n) is 4.80. The molecule has 0 spiro atoms. The van der Waals surface area contributed by atoms with E-state index in [1.54, 1.807) is 18.2 Å². The van der Waals surface area contributed by atoms with Gasteiger partial charge in [-0.1, -0.05) is 48.3 Å². The molecule has 4 heteroatoms. The Morgan fingerprint density at radius 1 is 1.15 bits per heavy atom. The molecule has 0 radical (unpaired) electrons. The molecule has 2 N–H and O–H groups in total. The molecule has 1 unspecified atom stereocenters. The van der Waals surface area contributed by atoms with Gasteiger partial charge in [-0.2, -0.15) is 0 Å². The lowest BCUT2D eigenvalue weighted by atomic mass is 9.93. The Balaban J connectivity index is 2.15. The Morgan fingerprint density at radius 3 is 2.45 bits per heavy atom. The zero-order valence-electron chi connectivity index (χ0n) is 11.1. The molecule has 0 heterocycles. The molecule has 0 bridgehead atoms. The Morgan fingerprint density at radius 2 is 1.80 bits per heavy atom. The van der Waals surface area contributed by atoms with Crippen LogP contribution in [0.15, 0.2) is 42.5 Å². The molecule has 0 saturated heterocycles. The predicted molar refractivity (Wildman–Crippen MR) is 84.7 cm³/mol. The normalized spacial score (nSPS) is 12.2. The van der Waals surface area contributed by atoms with E-state index in [1.807, 2.05) is 31.2 Å². The van der Waals surface area contributed by atoms with Crippen molar-refractivity contribution in [2.75, 3.05) is 5.73 Å². The van der Waals surface area contributed by atoms with Gasteiger partial charge in [0, 0.05) is 17.7 Å². The van der Waals surface area contributed by atoms with Crippen LogP contribution in [0.3, 0.4) is 0 Å². The van der Waals surface area contributed by atoms with E-state index in [2.05, 4.69) is 0 Å². The summed E-state index contributed by atoms with van der Waals surface area (Å²) in [6.07, 6.45) is 0.379. The third kappa shape index (κ3) is 3.33. The summed E-state index contributed by atoms with van der Waals surface area (Å²) in [5.41, 5.74) is 7.92. The predicted octanol–water partition coefficient (Wildman–Crippen LogP) is 4.95. The van der Waals surface area contributed by atoms with Gasteiger partial charge in [-0.15, -0.1) is 0 Å². The van der Waals surface area contributed by atoms with Gasteiger partial charge < -0.3 is 5.73 Å². The van der Waals surface area contributed by atoms with Gasteiger partial charge in [0.1, 0.15) is 0 Å². The number of ketones is 1. The van der Waals surface area contributed by atoms with E-state index in [0.29, 0.717) is 27.7 Å². The molecule has 104 valence electrons. The highest BCUT2D eigenvalue weighted by Gasteiger charge is 2.16. The highest BCUT2D eigenvalue weighted by Crippen LogP contribution is 2.29. The summed E-state index contributed by atoms with van der Waals surface area (Å²) in [4.78, 5) is 12.3. The maximum absolute atomic E-state index is 12.3. The van der Waals surface area contributed by atoms with Crippen LogP contribution in [0.1, 0.15) is 35.2 Å². The summed E-state index contributed by atoms with van der Waals surface area (Å²) >= 11 is 12.0. The van der Waals surface area contributed by atoms with Crippen LogP contribution < -0.4 is 5.73 Å². The summed E-state index contributed by atoms with van der Waals surface area (Å²) in [5, 5.41) is 0.723. The standard InChI is InChI=1S/C16H15Cl2NO/c1-10(11-5-7-12(19)8-6-11)9-15(20)13-3-2-4-14(17)16(13)18/h2-8,10H,9,19H2,1H3. The van der Waals surface area contributed by atoms with E-state index in [1.165, 1.54) is 0 Å². The van der Waals surface area contributed by atoms with Crippen LogP contribution in [-0.4, -0.2) is 5.78 Å². The Bertz CT molecular complexity index is 623. The van der Waals surface area contributed by atoms with E-state index in [0.717, 1.165) is 5.56 Å². The van der Waals surface area contributed by atoms with Crippen LogP contribution in [0.25, 0.3) is 0 Å². The molecular formula is C16H15Cl2NO. The van der Waals surface area contributed by atoms with Gasteiger partial charge in [-0.25, -0.2) is 0 Å². The maximum Gasteiger partial charge on any atom is 0.165 e. The number of carbonyl (C=O) groups is 1. The number of benzene rings is 2. The van der Waals surface area contributed by atoms with Gasteiger partial charge in [-0.3, -0.25) is 4.79 Å². The molecule has 2 nitrogen and oxygen atoms in total.